The van der Waals surface area contributed by atoms with Gasteiger partial charge in [-0.05, 0) is 43.0 Å². The number of piperidine rings is 1. The highest BCUT2D eigenvalue weighted by Crippen LogP contribution is 2.28. The standard InChI is InChI=1S/C29H27ClF4N10O2/c30-17-2-1-16(20(31)12-17)11-23-35-7-3-25(37-23)46-18-4-8-43(9-5-18)15-24-36-22-13-21(26-38-28(42-40-26)29(32,33)34)39-41-27(22)44(24)14-19-6-10-45-19/h1-3,7,12-13,18-19H,4-6,8-11,14-15H2,(H,38,40,42)/t19-/m0/s1. The highest BCUT2D eigenvalue weighted by molar-refractivity contribution is 6.30. The molecule has 17 heteroatoms. The fourth-order valence-corrected chi connectivity index (χ4v) is 5.61. The molecule has 2 aliphatic heterocycles. The lowest BCUT2D eigenvalue weighted by molar-refractivity contribution is -0.144. The van der Waals surface area contributed by atoms with Gasteiger partial charge in [0.2, 0.25) is 17.5 Å². The van der Waals surface area contributed by atoms with E-state index in [0.717, 1.165) is 38.2 Å². The maximum absolute atomic E-state index is 14.3. The van der Waals surface area contributed by atoms with Crippen molar-refractivity contribution in [3.8, 4) is 17.4 Å². The van der Waals surface area contributed by atoms with Gasteiger partial charge in [0.1, 0.15) is 34.8 Å². The van der Waals surface area contributed by atoms with Gasteiger partial charge in [-0.2, -0.15) is 23.3 Å². The molecular weight excluding hydrogens is 632 g/mol. The van der Waals surface area contributed by atoms with Gasteiger partial charge in [0, 0.05) is 43.4 Å². The molecule has 2 saturated heterocycles. The second-order valence-corrected chi connectivity index (χ2v) is 11.6. The van der Waals surface area contributed by atoms with Crippen LogP contribution in [0.2, 0.25) is 5.02 Å². The van der Waals surface area contributed by atoms with E-state index in [1.165, 1.54) is 6.07 Å². The molecule has 2 fully saturated rings. The predicted octanol–water partition coefficient (Wildman–Crippen LogP) is 4.64. The van der Waals surface area contributed by atoms with E-state index in [1.807, 2.05) is 9.67 Å². The van der Waals surface area contributed by atoms with Crippen molar-refractivity contribution < 1.29 is 27.0 Å². The Balaban J connectivity index is 1.02. The lowest BCUT2D eigenvalue weighted by Gasteiger charge is -2.32. The van der Waals surface area contributed by atoms with Crippen LogP contribution in [0.5, 0.6) is 5.88 Å². The number of benzene rings is 1. The van der Waals surface area contributed by atoms with Crippen molar-refractivity contribution in [2.45, 2.75) is 57.2 Å². The van der Waals surface area contributed by atoms with Crippen LogP contribution in [-0.2, 0) is 30.4 Å². The fraction of sp³-hybridized carbons (Fsp3) is 0.414. The highest BCUT2D eigenvalue weighted by Gasteiger charge is 2.35. The Bertz CT molecular complexity index is 1850. The fourth-order valence-electron chi connectivity index (χ4n) is 5.45. The van der Waals surface area contributed by atoms with Gasteiger partial charge >= 0.3 is 6.18 Å². The molecule has 5 aromatic rings. The Labute approximate surface area is 264 Å². The second kappa shape index (κ2) is 12.5. The van der Waals surface area contributed by atoms with Gasteiger partial charge in [-0.3, -0.25) is 10.00 Å². The normalized spacial score (nSPS) is 17.8. The number of nitrogens with zero attached hydrogens (tertiary/aromatic N) is 9. The van der Waals surface area contributed by atoms with Crippen molar-refractivity contribution in [3.63, 3.8) is 0 Å². The second-order valence-electron chi connectivity index (χ2n) is 11.2. The van der Waals surface area contributed by atoms with E-state index in [1.54, 1.807) is 30.5 Å². The largest absolute Gasteiger partial charge is 0.474 e. The SMILES string of the molecule is Fc1cc(Cl)ccc1Cc1nccc(OC2CCN(Cc3nc4cc(-c5n[nH]c(C(F)(F)F)n5)nnc4n3C[C@@H]3CCO3)CC2)n1. The maximum Gasteiger partial charge on any atom is 0.451 e. The summed E-state index contributed by atoms with van der Waals surface area (Å²) in [7, 11) is 0. The zero-order valence-corrected chi connectivity index (χ0v) is 25.0. The molecule has 2 aliphatic rings. The van der Waals surface area contributed by atoms with Crippen LogP contribution in [0.4, 0.5) is 17.6 Å². The molecule has 1 aromatic carbocycles. The number of hydrogen-bond donors (Lipinski definition) is 1. The summed E-state index contributed by atoms with van der Waals surface area (Å²) in [4.78, 5) is 19.3. The third-order valence-electron chi connectivity index (χ3n) is 7.96. The van der Waals surface area contributed by atoms with Crippen LogP contribution in [0.1, 0.15) is 42.3 Å². The molecule has 1 N–H and O–H groups in total. The summed E-state index contributed by atoms with van der Waals surface area (Å²) >= 11 is 5.86. The number of H-pyrrole nitrogens is 1. The molecule has 4 aromatic heterocycles. The molecule has 7 rings (SSSR count). The van der Waals surface area contributed by atoms with Crippen LogP contribution in [0.25, 0.3) is 22.7 Å². The number of rotatable bonds is 9. The number of ether oxygens (including phenoxy) is 2. The van der Waals surface area contributed by atoms with Gasteiger partial charge < -0.3 is 14.0 Å². The van der Waals surface area contributed by atoms with Crippen LogP contribution in [-0.4, -0.2) is 81.7 Å². The number of halogens is 5. The molecular formula is C29H27ClF4N10O2. The summed E-state index contributed by atoms with van der Waals surface area (Å²) < 4.78 is 67.1. The zero-order valence-electron chi connectivity index (χ0n) is 24.2. The molecule has 0 aliphatic carbocycles. The Morgan fingerprint density at radius 3 is 2.59 bits per heavy atom. The van der Waals surface area contributed by atoms with Gasteiger partial charge in [0.25, 0.3) is 0 Å². The zero-order chi connectivity index (χ0) is 31.8. The van der Waals surface area contributed by atoms with E-state index in [4.69, 9.17) is 26.1 Å². The summed E-state index contributed by atoms with van der Waals surface area (Å²) in [5.41, 5.74) is 1.52. The molecule has 6 heterocycles. The number of imidazole rings is 1. The minimum Gasteiger partial charge on any atom is -0.474 e. The van der Waals surface area contributed by atoms with E-state index in [9.17, 15) is 17.6 Å². The molecule has 0 saturated carbocycles. The van der Waals surface area contributed by atoms with Crippen LogP contribution in [0.3, 0.4) is 0 Å². The van der Waals surface area contributed by atoms with Gasteiger partial charge in [0.15, 0.2) is 5.65 Å². The van der Waals surface area contributed by atoms with Gasteiger partial charge in [-0.15, -0.1) is 10.2 Å². The van der Waals surface area contributed by atoms with Crippen molar-refractivity contribution >= 4 is 22.8 Å². The van der Waals surface area contributed by atoms with E-state index >= 15 is 0 Å². The molecule has 0 bridgehead atoms. The van der Waals surface area contributed by atoms with Gasteiger partial charge in [-0.1, -0.05) is 17.7 Å². The van der Waals surface area contributed by atoms with E-state index in [2.05, 4.69) is 35.1 Å². The Kier molecular flexibility index (Phi) is 8.25. The smallest absolute Gasteiger partial charge is 0.451 e. The van der Waals surface area contributed by atoms with Gasteiger partial charge in [0.05, 0.1) is 19.2 Å². The van der Waals surface area contributed by atoms with E-state index < -0.39 is 17.8 Å². The highest BCUT2D eigenvalue weighted by atomic mass is 35.5. The number of aromatic nitrogens is 9. The lowest BCUT2D eigenvalue weighted by Crippen LogP contribution is -2.39. The molecule has 12 nitrogen and oxygen atoms in total. The average molecular weight is 659 g/mol. The number of hydrogen-bond acceptors (Lipinski definition) is 10. The van der Waals surface area contributed by atoms with Crippen molar-refractivity contribution in [1.29, 1.82) is 0 Å². The van der Waals surface area contributed by atoms with Crippen LogP contribution in [0.15, 0.2) is 36.5 Å². The molecule has 0 radical (unpaired) electrons. The first kappa shape index (κ1) is 30.4. The molecule has 46 heavy (non-hydrogen) atoms. The number of alkyl halides is 3. The number of aromatic amines is 1. The molecule has 0 unspecified atom stereocenters. The average Bonchev–Trinajstić information content (AvgIpc) is 3.63. The predicted molar refractivity (Wildman–Crippen MR) is 155 cm³/mol. The Morgan fingerprint density at radius 1 is 1.04 bits per heavy atom. The third kappa shape index (κ3) is 6.64. The Hall–Kier alpha value is -4.28. The number of fused-ring (bicyclic) bond motifs is 1. The molecule has 1 atom stereocenters. The first-order chi connectivity index (χ1) is 22.2. The van der Waals surface area contributed by atoms with Crippen LogP contribution < -0.4 is 4.74 Å². The van der Waals surface area contributed by atoms with Crippen molar-refractivity contribution in [2.75, 3.05) is 19.7 Å². The van der Waals surface area contributed by atoms with Crippen molar-refractivity contribution in [3.05, 3.63) is 70.4 Å². The van der Waals surface area contributed by atoms with Crippen LogP contribution in [0, 0.1) is 5.82 Å². The third-order valence-corrected chi connectivity index (χ3v) is 8.20. The summed E-state index contributed by atoms with van der Waals surface area (Å²) in [6.07, 6.45) is -0.495. The van der Waals surface area contributed by atoms with Crippen molar-refractivity contribution in [1.82, 2.24) is 49.8 Å². The van der Waals surface area contributed by atoms with E-state index in [-0.39, 0.29) is 30.1 Å². The Morgan fingerprint density at radius 2 is 1.87 bits per heavy atom. The quantitative estimate of drug-likeness (QED) is 0.224. The minimum absolute atomic E-state index is 0.0213. The number of nitrogens with one attached hydrogen (secondary N) is 1. The molecule has 240 valence electrons. The summed E-state index contributed by atoms with van der Waals surface area (Å²) in [6.45, 7) is 3.21. The lowest BCUT2D eigenvalue weighted by atomic mass is 10.1. The van der Waals surface area contributed by atoms with Gasteiger partial charge in [-0.25, -0.2) is 19.3 Å². The van der Waals surface area contributed by atoms with Crippen molar-refractivity contribution in [2.24, 2.45) is 0 Å². The monoisotopic (exact) mass is 658 g/mol. The summed E-state index contributed by atoms with van der Waals surface area (Å²) in [5.74, 6) is -0.208. The first-order valence-electron chi connectivity index (χ1n) is 14.7. The number of likely N-dealkylation sites (tertiary alicyclic amines) is 1. The summed E-state index contributed by atoms with van der Waals surface area (Å²) in [5, 5.41) is 14.3. The first-order valence-corrected chi connectivity index (χ1v) is 15.0. The summed E-state index contributed by atoms with van der Waals surface area (Å²) in [6, 6.07) is 7.75. The minimum atomic E-state index is -4.66. The molecule has 0 spiro atoms. The van der Waals surface area contributed by atoms with E-state index in [0.29, 0.717) is 53.2 Å². The topological polar surface area (TPSA) is 133 Å². The molecule has 0 amide bonds. The van der Waals surface area contributed by atoms with Crippen LogP contribution >= 0.6 is 11.6 Å². The maximum atomic E-state index is 14.3.